The number of hydrogen-bond donors (Lipinski definition) is 1. The fourth-order valence-electron chi connectivity index (χ4n) is 2.19. The van der Waals surface area contributed by atoms with Crippen molar-refractivity contribution in [3.8, 4) is 11.4 Å². The van der Waals surface area contributed by atoms with Crippen LogP contribution in [-0.2, 0) is 17.4 Å². The number of aliphatic carboxylic acids is 1. The van der Waals surface area contributed by atoms with Gasteiger partial charge in [0.05, 0.1) is 12.0 Å². The van der Waals surface area contributed by atoms with Crippen molar-refractivity contribution in [2.24, 2.45) is 0 Å². The van der Waals surface area contributed by atoms with Crippen LogP contribution in [0.5, 0.6) is 0 Å². The summed E-state index contributed by atoms with van der Waals surface area (Å²) < 4.78 is 39.2. The van der Waals surface area contributed by atoms with Gasteiger partial charge in [-0.1, -0.05) is 18.2 Å². The molecule has 0 bridgehead atoms. The average molecular weight is 310 g/mol. The number of rotatable bonds is 3. The molecule has 0 radical (unpaired) electrons. The lowest BCUT2D eigenvalue weighted by atomic mass is 10.0. The highest BCUT2D eigenvalue weighted by atomic mass is 19.4. The van der Waals surface area contributed by atoms with Crippen molar-refractivity contribution >= 4 is 5.97 Å². The molecule has 116 valence electrons. The van der Waals surface area contributed by atoms with Gasteiger partial charge in [0, 0.05) is 22.5 Å². The highest BCUT2D eigenvalue weighted by Gasteiger charge is 2.34. The van der Waals surface area contributed by atoms with E-state index < -0.39 is 17.7 Å². The molecule has 0 aliphatic rings. The third-order valence-electron chi connectivity index (χ3n) is 3.22. The molecule has 1 N–H and O–H groups in total. The fourth-order valence-corrected chi connectivity index (χ4v) is 2.19. The van der Waals surface area contributed by atoms with Crippen LogP contribution in [0.25, 0.3) is 11.4 Å². The van der Waals surface area contributed by atoms with Crippen LogP contribution in [0.3, 0.4) is 0 Å². The Balaban J connectivity index is 2.59. The van der Waals surface area contributed by atoms with Gasteiger partial charge in [-0.2, -0.15) is 13.2 Å². The minimum Gasteiger partial charge on any atom is -0.481 e. The van der Waals surface area contributed by atoms with Crippen LogP contribution in [0.1, 0.15) is 22.5 Å². The SMILES string of the molecule is Cc1nc(-c2ccccc2C(F)(F)F)nc(C)c1CC(=O)O. The van der Waals surface area contributed by atoms with Gasteiger partial charge < -0.3 is 5.11 Å². The Bertz CT molecular complexity index is 704. The molecule has 0 unspecified atom stereocenters. The minimum absolute atomic E-state index is 0.0583. The zero-order valence-corrected chi connectivity index (χ0v) is 11.9. The Hall–Kier alpha value is -2.44. The Labute approximate surface area is 124 Å². The molecular formula is C15H13F3N2O2. The van der Waals surface area contributed by atoms with E-state index in [1.165, 1.54) is 18.2 Å². The molecule has 22 heavy (non-hydrogen) atoms. The van der Waals surface area contributed by atoms with Gasteiger partial charge in [0.2, 0.25) is 0 Å². The molecule has 1 heterocycles. The smallest absolute Gasteiger partial charge is 0.417 e. The standard InChI is InChI=1S/C15H13F3N2O2/c1-8-11(7-13(21)22)9(2)20-14(19-8)10-5-3-4-6-12(10)15(16,17)18/h3-6H,7H2,1-2H3,(H,21,22). The van der Waals surface area contributed by atoms with E-state index in [9.17, 15) is 18.0 Å². The zero-order valence-electron chi connectivity index (χ0n) is 11.9. The van der Waals surface area contributed by atoms with E-state index in [0.29, 0.717) is 17.0 Å². The monoisotopic (exact) mass is 310 g/mol. The second-order valence-electron chi connectivity index (χ2n) is 4.81. The molecule has 0 amide bonds. The minimum atomic E-state index is -4.51. The van der Waals surface area contributed by atoms with Crippen molar-refractivity contribution in [3.63, 3.8) is 0 Å². The molecule has 2 aromatic rings. The van der Waals surface area contributed by atoms with Gasteiger partial charge in [0.25, 0.3) is 0 Å². The molecule has 0 aliphatic heterocycles. The second kappa shape index (κ2) is 5.75. The summed E-state index contributed by atoms with van der Waals surface area (Å²) in [5.41, 5.74) is 0.201. The number of carboxylic acids is 1. The summed E-state index contributed by atoms with van der Waals surface area (Å²) in [5, 5.41) is 8.85. The highest BCUT2D eigenvalue weighted by Crippen LogP contribution is 2.36. The van der Waals surface area contributed by atoms with Crippen molar-refractivity contribution in [3.05, 3.63) is 46.8 Å². The van der Waals surface area contributed by atoms with E-state index in [0.717, 1.165) is 6.07 Å². The number of carbonyl (C=O) groups is 1. The third kappa shape index (κ3) is 3.24. The molecule has 0 spiro atoms. The average Bonchev–Trinajstić information content (AvgIpc) is 2.41. The number of aryl methyl sites for hydroxylation is 2. The van der Waals surface area contributed by atoms with Crippen LogP contribution in [0.15, 0.2) is 24.3 Å². The molecule has 2 rings (SSSR count). The first-order valence-corrected chi connectivity index (χ1v) is 6.42. The summed E-state index contributed by atoms with van der Waals surface area (Å²) in [6, 6.07) is 5.04. The first-order valence-electron chi connectivity index (χ1n) is 6.42. The molecule has 7 heteroatoms. The third-order valence-corrected chi connectivity index (χ3v) is 3.22. The van der Waals surface area contributed by atoms with Crippen LogP contribution in [-0.4, -0.2) is 21.0 Å². The van der Waals surface area contributed by atoms with Crippen molar-refractivity contribution < 1.29 is 23.1 Å². The normalized spacial score (nSPS) is 11.5. The van der Waals surface area contributed by atoms with Gasteiger partial charge >= 0.3 is 12.1 Å². The van der Waals surface area contributed by atoms with E-state index >= 15 is 0 Å². The number of halogens is 3. The maximum Gasteiger partial charge on any atom is 0.417 e. The lowest BCUT2D eigenvalue weighted by molar-refractivity contribution is -0.137. The number of nitrogens with zero attached hydrogens (tertiary/aromatic N) is 2. The van der Waals surface area contributed by atoms with E-state index in [-0.39, 0.29) is 17.8 Å². The first-order chi connectivity index (χ1) is 10.2. The van der Waals surface area contributed by atoms with Crippen LogP contribution in [0.2, 0.25) is 0 Å². The largest absolute Gasteiger partial charge is 0.481 e. The quantitative estimate of drug-likeness (QED) is 0.943. The van der Waals surface area contributed by atoms with Crippen LogP contribution in [0, 0.1) is 13.8 Å². The van der Waals surface area contributed by atoms with Gasteiger partial charge in [-0.05, 0) is 19.9 Å². The van der Waals surface area contributed by atoms with Gasteiger partial charge in [-0.25, -0.2) is 9.97 Å². The van der Waals surface area contributed by atoms with Crippen molar-refractivity contribution in [2.75, 3.05) is 0 Å². The van der Waals surface area contributed by atoms with Gasteiger partial charge in [0.1, 0.15) is 0 Å². The van der Waals surface area contributed by atoms with Crippen LogP contribution < -0.4 is 0 Å². The summed E-state index contributed by atoms with van der Waals surface area (Å²) in [4.78, 5) is 18.9. The van der Waals surface area contributed by atoms with Crippen molar-refractivity contribution in [2.45, 2.75) is 26.4 Å². The molecule has 0 fully saturated rings. The van der Waals surface area contributed by atoms with Crippen LogP contribution in [0.4, 0.5) is 13.2 Å². The number of hydrogen-bond acceptors (Lipinski definition) is 3. The second-order valence-corrected chi connectivity index (χ2v) is 4.81. The van der Waals surface area contributed by atoms with Crippen molar-refractivity contribution in [1.82, 2.24) is 9.97 Å². The number of aromatic nitrogens is 2. The molecule has 4 nitrogen and oxygen atoms in total. The van der Waals surface area contributed by atoms with Crippen LogP contribution >= 0.6 is 0 Å². The summed E-state index contributed by atoms with van der Waals surface area (Å²) in [7, 11) is 0. The maximum atomic E-state index is 13.1. The zero-order chi connectivity index (χ0) is 16.5. The Kier molecular flexibility index (Phi) is 4.16. The number of benzene rings is 1. The summed E-state index contributed by atoms with van der Waals surface area (Å²) in [6.07, 6.45) is -4.78. The molecular weight excluding hydrogens is 297 g/mol. The summed E-state index contributed by atoms with van der Waals surface area (Å²) in [6.45, 7) is 3.12. The summed E-state index contributed by atoms with van der Waals surface area (Å²) >= 11 is 0. The van der Waals surface area contributed by atoms with Gasteiger partial charge in [-0.15, -0.1) is 0 Å². The lowest BCUT2D eigenvalue weighted by Crippen LogP contribution is -2.11. The van der Waals surface area contributed by atoms with E-state index in [2.05, 4.69) is 9.97 Å². The van der Waals surface area contributed by atoms with Crippen molar-refractivity contribution in [1.29, 1.82) is 0 Å². The predicted octanol–water partition coefficient (Wildman–Crippen LogP) is 3.41. The summed E-state index contributed by atoms with van der Waals surface area (Å²) in [5.74, 6) is -1.10. The Morgan fingerprint density at radius 1 is 1.14 bits per heavy atom. The Morgan fingerprint density at radius 3 is 2.18 bits per heavy atom. The molecule has 0 atom stereocenters. The number of carboxylic acid groups (broad SMARTS) is 1. The fraction of sp³-hybridized carbons (Fsp3) is 0.267. The molecule has 1 aromatic heterocycles. The highest BCUT2D eigenvalue weighted by molar-refractivity contribution is 5.71. The molecule has 0 saturated carbocycles. The molecule has 0 saturated heterocycles. The number of alkyl halides is 3. The van der Waals surface area contributed by atoms with Gasteiger partial charge in [-0.3, -0.25) is 4.79 Å². The Morgan fingerprint density at radius 2 is 1.68 bits per heavy atom. The van der Waals surface area contributed by atoms with E-state index in [1.807, 2.05) is 0 Å². The van der Waals surface area contributed by atoms with Gasteiger partial charge in [0.15, 0.2) is 5.82 Å². The lowest BCUT2D eigenvalue weighted by Gasteiger charge is -2.14. The first kappa shape index (κ1) is 15.9. The molecule has 0 aliphatic carbocycles. The molecule has 1 aromatic carbocycles. The predicted molar refractivity (Wildman–Crippen MR) is 73.3 cm³/mol. The van der Waals surface area contributed by atoms with E-state index in [4.69, 9.17) is 5.11 Å². The topological polar surface area (TPSA) is 63.1 Å². The maximum absolute atomic E-state index is 13.1. The van der Waals surface area contributed by atoms with E-state index in [1.54, 1.807) is 13.8 Å².